The van der Waals surface area contributed by atoms with Gasteiger partial charge in [0.1, 0.15) is 12.1 Å². The quantitative estimate of drug-likeness (QED) is 0.899. The highest BCUT2D eigenvalue weighted by Crippen LogP contribution is 2.30. The fourth-order valence-corrected chi connectivity index (χ4v) is 2.91. The number of hydrogen-bond donors (Lipinski definition) is 1. The number of anilines is 1. The van der Waals surface area contributed by atoms with Gasteiger partial charge in [-0.05, 0) is 39.5 Å². The number of ether oxygens (including phenoxy) is 1. The van der Waals surface area contributed by atoms with Gasteiger partial charge in [0, 0.05) is 18.6 Å². The Kier molecular flexibility index (Phi) is 4.58. The van der Waals surface area contributed by atoms with Crippen molar-refractivity contribution < 1.29 is 4.74 Å². The zero-order valence-corrected chi connectivity index (χ0v) is 12.1. The summed E-state index contributed by atoms with van der Waals surface area (Å²) in [5.74, 6) is 1.66. The van der Waals surface area contributed by atoms with Gasteiger partial charge in [-0.25, -0.2) is 9.97 Å². The molecule has 2 rings (SSSR count). The molecule has 0 radical (unpaired) electrons. The van der Waals surface area contributed by atoms with Crippen LogP contribution in [0, 0.1) is 6.92 Å². The Labute approximate surface area is 115 Å². The van der Waals surface area contributed by atoms with Crippen molar-refractivity contribution in [1.29, 1.82) is 0 Å². The van der Waals surface area contributed by atoms with Gasteiger partial charge in [-0.1, -0.05) is 0 Å². The van der Waals surface area contributed by atoms with Crippen molar-refractivity contribution in [3.63, 3.8) is 0 Å². The third-order valence-electron chi connectivity index (χ3n) is 4.00. The zero-order chi connectivity index (χ0) is 13.8. The standard InChI is InChI=1S/C14H24N4O/c1-4-18(12-7-5-11(15)6-8-12)13-10(2)14(19-3)17-9-16-13/h9,11-12H,4-8,15H2,1-3H3. The highest BCUT2D eigenvalue weighted by Gasteiger charge is 2.26. The van der Waals surface area contributed by atoms with Gasteiger partial charge in [-0.15, -0.1) is 0 Å². The van der Waals surface area contributed by atoms with Crippen LogP contribution in [0.2, 0.25) is 0 Å². The predicted octanol–water partition coefficient (Wildman–Crippen LogP) is 1.89. The molecule has 106 valence electrons. The molecule has 1 aromatic rings. The molecule has 2 N–H and O–H groups in total. The van der Waals surface area contributed by atoms with E-state index in [9.17, 15) is 0 Å². The van der Waals surface area contributed by atoms with Crippen molar-refractivity contribution in [1.82, 2.24) is 9.97 Å². The molecule has 1 saturated carbocycles. The maximum Gasteiger partial charge on any atom is 0.221 e. The molecule has 0 bridgehead atoms. The lowest BCUT2D eigenvalue weighted by Gasteiger charge is -2.36. The van der Waals surface area contributed by atoms with Crippen LogP contribution in [0.4, 0.5) is 5.82 Å². The summed E-state index contributed by atoms with van der Waals surface area (Å²) < 4.78 is 5.29. The Balaban J connectivity index is 2.22. The van der Waals surface area contributed by atoms with E-state index in [4.69, 9.17) is 10.5 Å². The van der Waals surface area contributed by atoms with E-state index >= 15 is 0 Å². The van der Waals surface area contributed by atoms with Crippen molar-refractivity contribution in [3.05, 3.63) is 11.9 Å². The Bertz CT molecular complexity index is 416. The fraction of sp³-hybridized carbons (Fsp3) is 0.714. The van der Waals surface area contributed by atoms with Crippen molar-refractivity contribution in [2.75, 3.05) is 18.6 Å². The van der Waals surface area contributed by atoms with E-state index in [1.807, 2.05) is 6.92 Å². The third-order valence-corrected chi connectivity index (χ3v) is 4.00. The van der Waals surface area contributed by atoms with E-state index in [-0.39, 0.29) is 0 Å². The normalized spacial score (nSPS) is 23.2. The van der Waals surface area contributed by atoms with Gasteiger partial charge >= 0.3 is 0 Å². The molecule has 0 unspecified atom stereocenters. The summed E-state index contributed by atoms with van der Waals surface area (Å²) in [6.45, 7) is 5.13. The van der Waals surface area contributed by atoms with Crippen molar-refractivity contribution in [2.24, 2.45) is 5.73 Å². The van der Waals surface area contributed by atoms with Crippen molar-refractivity contribution >= 4 is 5.82 Å². The van der Waals surface area contributed by atoms with Gasteiger partial charge in [-0.3, -0.25) is 0 Å². The van der Waals surface area contributed by atoms with Gasteiger partial charge in [0.05, 0.1) is 12.7 Å². The maximum atomic E-state index is 5.99. The molecule has 1 heterocycles. The summed E-state index contributed by atoms with van der Waals surface area (Å²) in [4.78, 5) is 11.0. The van der Waals surface area contributed by atoms with E-state index in [2.05, 4.69) is 21.8 Å². The number of nitrogens with zero attached hydrogens (tertiary/aromatic N) is 3. The van der Waals surface area contributed by atoms with Gasteiger partial charge in [0.15, 0.2) is 0 Å². The minimum atomic E-state index is 0.371. The maximum absolute atomic E-state index is 5.99. The lowest BCUT2D eigenvalue weighted by atomic mass is 9.90. The van der Waals surface area contributed by atoms with Crippen LogP contribution in [0.5, 0.6) is 5.88 Å². The summed E-state index contributed by atoms with van der Waals surface area (Å²) in [6, 6.07) is 0.902. The molecular weight excluding hydrogens is 240 g/mol. The first-order valence-electron chi connectivity index (χ1n) is 7.05. The van der Waals surface area contributed by atoms with Gasteiger partial charge in [0.25, 0.3) is 0 Å². The Morgan fingerprint density at radius 3 is 2.58 bits per heavy atom. The monoisotopic (exact) mass is 264 g/mol. The van der Waals surface area contributed by atoms with Crippen molar-refractivity contribution in [3.8, 4) is 5.88 Å². The first-order chi connectivity index (χ1) is 9.17. The minimum absolute atomic E-state index is 0.371. The lowest BCUT2D eigenvalue weighted by Crippen LogP contribution is -2.41. The highest BCUT2D eigenvalue weighted by molar-refractivity contribution is 5.50. The molecule has 1 aromatic heterocycles. The molecule has 0 saturated heterocycles. The number of hydrogen-bond acceptors (Lipinski definition) is 5. The van der Waals surface area contributed by atoms with Crippen LogP contribution >= 0.6 is 0 Å². The summed E-state index contributed by atoms with van der Waals surface area (Å²) in [5, 5.41) is 0. The fourth-order valence-electron chi connectivity index (χ4n) is 2.91. The first-order valence-corrected chi connectivity index (χ1v) is 7.05. The molecule has 19 heavy (non-hydrogen) atoms. The SMILES string of the molecule is CCN(c1ncnc(OC)c1C)C1CCC(N)CC1. The Morgan fingerprint density at radius 1 is 1.32 bits per heavy atom. The Morgan fingerprint density at radius 2 is 2.00 bits per heavy atom. The van der Waals surface area contributed by atoms with Gasteiger partial charge in [-0.2, -0.15) is 0 Å². The third kappa shape index (κ3) is 2.97. The topological polar surface area (TPSA) is 64.3 Å². The van der Waals surface area contributed by atoms with Crippen LogP contribution in [-0.4, -0.2) is 35.7 Å². The molecule has 0 aromatic carbocycles. The highest BCUT2D eigenvalue weighted by atomic mass is 16.5. The van der Waals surface area contributed by atoms with Crippen LogP contribution in [0.25, 0.3) is 0 Å². The second kappa shape index (κ2) is 6.19. The molecule has 1 aliphatic carbocycles. The van der Waals surface area contributed by atoms with Crippen LogP contribution in [0.1, 0.15) is 38.2 Å². The molecule has 1 aliphatic rings. The zero-order valence-electron chi connectivity index (χ0n) is 12.1. The van der Waals surface area contributed by atoms with E-state index in [0.717, 1.165) is 43.6 Å². The lowest BCUT2D eigenvalue weighted by molar-refractivity contribution is 0.373. The molecular formula is C14H24N4O. The molecule has 0 spiro atoms. The molecule has 0 amide bonds. The molecule has 0 atom stereocenters. The molecule has 5 heteroatoms. The largest absolute Gasteiger partial charge is 0.481 e. The predicted molar refractivity (Wildman–Crippen MR) is 76.6 cm³/mol. The van der Waals surface area contributed by atoms with E-state index in [1.54, 1.807) is 13.4 Å². The summed E-state index contributed by atoms with van der Waals surface area (Å²) in [6.07, 6.45) is 6.06. The van der Waals surface area contributed by atoms with Crippen LogP contribution in [0.3, 0.4) is 0 Å². The number of rotatable bonds is 4. The van der Waals surface area contributed by atoms with E-state index in [0.29, 0.717) is 18.0 Å². The first kappa shape index (κ1) is 14.1. The van der Waals surface area contributed by atoms with Crippen LogP contribution in [0.15, 0.2) is 6.33 Å². The van der Waals surface area contributed by atoms with Crippen LogP contribution in [-0.2, 0) is 0 Å². The van der Waals surface area contributed by atoms with Gasteiger partial charge in [0.2, 0.25) is 5.88 Å². The molecule has 5 nitrogen and oxygen atoms in total. The average molecular weight is 264 g/mol. The number of aromatic nitrogens is 2. The second-order valence-electron chi connectivity index (χ2n) is 5.19. The smallest absolute Gasteiger partial charge is 0.221 e. The Hall–Kier alpha value is -1.36. The van der Waals surface area contributed by atoms with Gasteiger partial charge < -0.3 is 15.4 Å². The van der Waals surface area contributed by atoms with E-state index in [1.165, 1.54) is 0 Å². The molecule has 0 aliphatic heterocycles. The number of methoxy groups -OCH3 is 1. The van der Waals surface area contributed by atoms with Crippen molar-refractivity contribution in [2.45, 2.75) is 51.6 Å². The summed E-state index contributed by atoms with van der Waals surface area (Å²) >= 11 is 0. The average Bonchev–Trinajstić information content (AvgIpc) is 2.43. The minimum Gasteiger partial charge on any atom is -0.481 e. The summed E-state index contributed by atoms with van der Waals surface area (Å²) in [5.41, 5.74) is 7.00. The number of nitrogens with two attached hydrogens (primary N) is 1. The van der Waals surface area contributed by atoms with Crippen LogP contribution < -0.4 is 15.4 Å². The second-order valence-corrected chi connectivity index (χ2v) is 5.19. The molecule has 1 fully saturated rings. The summed E-state index contributed by atoms with van der Waals surface area (Å²) in [7, 11) is 1.65. The van der Waals surface area contributed by atoms with E-state index < -0.39 is 0 Å².